The lowest BCUT2D eigenvalue weighted by Gasteiger charge is -2.30. The Bertz CT molecular complexity index is 1200. The first-order chi connectivity index (χ1) is 14.2. The molecule has 9 heteroatoms. The molecule has 1 aliphatic rings. The zero-order chi connectivity index (χ0) is 21.5. The first-order valence-corrected chi connectivity index (χ1v) is 12.5. The Kier molecular flexibility index (Phi) is 5.61. The second-order valence-corrected chi connectivity index (χ2v) is 10.8. The summed E-state index contributed by atoms with van der Waals surface area (Å²) in [6.07, 6.45) is 4.47. The smallest absolute Gasteiger partial charge is 0.259 e. The largest absolute Gasteiger partial charge is 0.298 e. The second kappa shape index (κ2) is 8.05. The summed E-state index contributed by atoms with van der Waals surface area (Å²) in [6.45, 7) is 5.04. The van der Waals surface area contributed by atoms with Gasteiger partial charge in [-0.1, -0.05) is 17.4 Å². The minimum Gasteiger partial charge on any atom is -0.298 e. The van der Waals surface area contributed by atoms with Crippen molar-refractivity contribution in [2.45, 2.75) is 32.6 Å². The number of anilines is 1. The topological polar surface area (TPSA) is 92.3 Å². The van der Waals surface area contributed by atoms with E-state index >= 15 is 0 Å². The normalized spacial score (nSPS) is 17.9. The van der Waals surface area contributed by atoms with Gasteiger partial charge in [0.15, 0.2) is 5.13 Å². The number of aromatic nitrogens is 2. The number of amides is 1. The summed E-state index contributed by atoms with van der Waals surface area (Å²) >= 11 is 1.45. The van der Waals surface area contributed by atoms with Gasteiger partial charge in [-0.25, -0.2) is 17.7 Å². The molecule has 1 unspecified atom stereocenters. The van der Waals surface area contributed by atoms with Crippen LogP contribution >= 0.6 is 11.3 Å². The molecule has 1 atom stereocenters. The van der Waals surface area contributed by atoms with Crippen molar-refractivity contribution >= 4 is 42.6 Å². The van der Waals surface area contributed by atoms with Crippen LogP contribution in [-0.4, -0.2) is 47.9 Å². The van der Waals surface area contributed by atoms with Crippen molar-refractivity contribution in [1.82, 2.24) is 14.3 Å². The van der Waals surface area contributed by atoms with Crippen molar-refractivity contribution in [3.8, 4) is 0 Å². The maximum atomic E-state index is 12.6. The first-order valence-electron chi connectivity index (χ1n) is 9.81. The Balaban J connectivity index is 1.47. The van der Waals surface area contributed by atoms with Gasteiger partial charge in [-0.05, 0) is 56.0 Å². The Morgan fingerprint density at radius 1 is 1.27 bits per heavy atom. The van der Waals surface area contributed by atoms with Crippen LogP contribution in [0.25, 0.3) is 10.2 Å². The van der Waals surface area contributed by atoms with Crippen LogP contribution < -0.4 is 5.32 Å². The number of carbonyl (C=O) groups excluding carboxylic acids is 1. The lowest BCUT2D eigenvalue weighted by atomic mass is 9.95. The predicted molar refractivity (Wildman–Crippen MR) is 120 cm³/mol. The molecule has 1 amide bonds. The van der Waals surface area contributed by atoms with E-state index in [4.69, 9.17) is 0 Å². The molecule has 2 aromatic heterocycles. The number of benzene rings is 1. The highest BCUT2D eigenvalue weighted by molar-refractivity contribution is 7.88. The summed E-state index contributed by atoms with van der Waals surface area (Å²) in [7, 11) is -3.20. The molecule has 3 aromatic rings. The molecule has 0 bridgehead atoms. The van der Waals surface area contributed by atoms with Crippen LogP contribution in [-0.2, 0) is 10.0 Å². The number of nitrogens with zero attached hydrogens (tertiary/aromatic N) is 3. The highest BCUT2D eigenvalue weighted by Crippen LogP contribution is 2.30. The Morgan fingerprint density at radius 2 is 2.07 bits per heavy atom. The number of nitrogens with one attached hydrogen (secondary N) is 1. The average Bonchev–Trinajstić information content (AvgIpc) is 3.10. The summed E-state index contributed by atoms with van der Waals surface area (Å²) in [5, 5.41) is 3.42. The molecule has 1 fully saturated rings. The van der Waals surface area contributed by atoms with Gasteiger partial charge in [-0.3, -0.25) is 15.1 Å². The summed E-state index contributed by atoms with van der Waals surface area (Å²) in [4.78, 5) is 21.6. The van der Waals surface area contributed by atoms with Crippen LogP contribution in [0.4, 0.5) is 5.13 Å². The van der Waals surface area contributed by atoms with E-state index in [2.05, 4.69) is 27.4 Å². The molecule has 3 heterocycles. The van der Waals surface area contributed by atoms with Crippen molar-refractivity contribution < 1.29 is 13.2 Å². The Labute approximate surface area is 180 Å². The number of sulfonamides is 1. The predicted octanol–water partition coefficient (Wildman–Crippen LogP) is 3.70. The number of hydrogen-bond donors (Lipinski definition) is 1. The van der Waals surface area contributed by atoms with Crippen LogP contribution in [0.2, 0.25) is 0 Å². The molecule has 30 heavy (non-hydrogen) atoms. The van der Waals surface area contributed by atoms with E-state index in [0.29, 0.717) is 23.8 Å². The lowest BCUT2D eigenvalue weighted by molar-refractivity contribution is 0.102. The summed E-state index contributed by atoms with van der Waals surface area (Å²) in [5.41, 5.74) is 4.41. The number of fused-ring (bicyclic) bond motifs is 1. The molecular formula is C21H24N4O3S2. The van der Waals surface area contributed by atoms with Gasteiger partial charge in [0.05, 0.1) is 22.0 Å². The van der Waals surface area contributed by atoms with Crippen molar-refractivity contribution in [2.24, 2.45) is 0 Å². The SMILES string of the molecule is Cc1cc(C)c2nc(NC(=O)c3ccc(C4CCCN(S(C)(=O)=O)C4)nc3)sc2c1. The molecular weight excluding hydrogens is 420 g/mol. The van der Waals surface area contributed by atoms with E-state index in [1.807, 2.05) is 19.9 Å². The summed E-state index contributed by atoms with van der Waals surface area (Å²) in [5.74, 6) is -0.218. The maximum absolute atomic E-state index is 12.6. The number of pyridine rings is 1. The minimum atomic E-state index is -3.20. The second-order valence-electron chi connectivity index (χ2n) is 7.83. The quantitative estimate of drug-likeness (QED) is 0.662. The third kappa shape index (κ3) is 4.38. The summed E-state index contributed by atoms with van der Waals surface area (Å²) in [6, 6.07) is 7.69. The Morgan fingerprint density at radius 3 is 2.77 bits per heavy atom. The number of thiazole rings is 1. The van der Waals surface area contributed by atoms with Gasteiger partial charge in [-0.15, -0.1) is 0 Å². The number of aryl methyl sites for hydroxylation is 2. The van der Waals surface area contributed by atoms with E-state index in [1.165, 1.54) is 27.5 Å². The monoisotopic (exact) mass is 444 g/mol. The van der Waals surface area contributed by atoms with Gasteiger partial charge >= 0.3 is 0 Å². The van der Waals surface area contributed by atoms with Crippen molar-refractivity contribution in [3.05, 3.63) is 52.8 Å². The van der Waals surface area contributed by atoms with Crippen molar-refractivity contribution in [2.75, 3.05) is 24.7 Å². The highest BCUT2D eigenvalue weighted by atomic mass is 32.2. The number of hydrogen-bond acceptors (Lipinski definition) is 6. The van der Waals surface area contributed by atoms with Crippen LogP contribution in [0, 0.1) is 13.8 Å². The molecule has 0 saturated carbocycles. The van der Waals surface area contributed by atoms with Crippen LogP contribution in [0.1, 0.15) is 45.9 Å². The molecule has 0 aliphatic carbocycles. The minimum absolute atomic E-state index is 0.0427. The van der Waals surface area contributed by atoms with Gasteiger partial charge in [0.1, 0.15) is 0 Å². The van der Waals surface area contributed by atoms with Crippen molar-refractivity contribution in [3.63, 3.8) is 0 Å². The Hall–Kier alpha value is -2.36. The molecule has 4 rings (SSSR count). The van der Waals surface area contributed by atoms with Crippen molar-refractivity contribution in [1.29, 1.82) is 0 Å². The van der Waals surface area contributed by atoms with E-state index in [1.54, 1.807) is 12.3 Å². The molecule has 1 N–H and O–H groups in total. The fraction of sp³-hybridized carbons (Fsp3) is 0.381. The number of piperidine rings is 1. The van der Waals surface area contributed by atoms with Gasteiger partial charge in [0, 0.05) is 30.9 Å². The summed E-state index contributed by atoms with van der Waals surface area (Å²) < 4.78 is 26.2. The van der Waals surface area contributed by atoms with Gasteiger partial charge < -0.3 is 0 Å². The van der Waals surface area contributed by atoms with Crippen LogP contribution in [0.5, 0.6) is 0 Å². The molecule has 1 aliphatic heterocycles. The average molecular weight is 445 g/mol. The molecule has 0 spiro atoms. The number of carbonyl (C=O) groups is 1. The molecule has 158 valence electrons. The van der Waals surface area contributed by atoms with Gasteiger partial charge in [0.2, 0.25) is 10.0 Å². The van der Waals surface area contributed by atoms with Crippen LogP contribution in [0.3, 0.4) is 0 Å². The lowest BCUT2D eigenvalue weighted by Crippen LogP contribution is -2.38. The maximum Gasteiger partial charge on any atom is 0.259 e. The van der Waals surface area contributed by atoms with Crippen LogP contribution in [0.15, 0.2) is 30.5 Å². The highest BCUT2D eigenvalue weighted by Gasteiger charge is 2.27. The molecule has 0 radical (unpaired) electrons. The molecule has 1 aromatic carbocycles. The third-order valence-electron chi connectivity index (χ3n) is 5.37. The first kappa shape index (κ1) is 20.9. The number of rotatable bonds is 4. The van der Waals surface area contributed by atoms with Gasteiger partial charge in [-0.2, -0.15) is 0 Å². The van der Waals surface area contributed by atoms with E-state index in [-0.39, 0.29) is 11.8 Å². The zero-order valence-corrected chi connectivity index (χ0v) is 18.8. The van der Waals surface area contributed by atoms with E-state index < -0.39 is 10.0 Å². The zero-order valence-electron chi connectivity index (χ0n) is 17.2. The van der Waals surface area contributed by atoms with Gasteiger partial charge in [0.25, 0.3) is 5.91 Å². The molecule has 1 saturated heterocycles. The van der Waals surface area contributed by atoms with E-state index in [0.717, 1.165) is 34.3 Å². The fourth-order valence-corrected chi connectivity index (χ4v) is 5.81. The standard InChI is InChI=1S/C21H24N4O3S2/c1-13-9-14(2)19-18(10-13)29-21(23-19)24-20(26)15-6-7-17(22-11-15)16-5-4-8-25(12-16)30(3,27)28/h6-7,9-11,16H,4-5,8,12H2,1-3H3,(H,23,24,26). The van der Waals surface area contributed by atoms with E-state index in [9.17, 15) is 13.2 Å². The molecule has 7 nitrogen and oxygen atoms in total. The third-order valence-corrected chi connectivity index (χ3v) is 7.56. The fourth-order valence-electron chi connectivity index (χ4n) is 3.86.